The maximum atomic E-state index is 15.1. The number of rotatable bonds is 10. The number of benzene rings is 1. The molecule has 1 aromatic carbocycles. The van der Waals surface area contributed by atoms with Crippen molar-refractivity contribution in [2.45, 2.75) is 165 Å². The first kappa shape index (κ1) is 43.9. The molecule has 0 bridgehead atoms. The summed E-state index contributed by atoms with van der Waals surface area (Å²) in [5.74, 6) is 0.266. The van der Waals surface area contributed by atoms with Gasteiger partial charge in [0.2, 0.25) is 0 Å². The minimum Gasteiger partial charge on any atom is -0.462 e. The zero-order chi connectivity index (χ0) is 41.2. The van der Waals surface area contributed by atoms with E-state index in [-0.39, 0.29) is 103 Å². The fourth-order valence-corrected chi connectivity index (χ4v) is 12.1. The molecule has 2 saturated carbocycles. The van der Waals surface area contributed by atoms with E-state index in [0.29, 0.717) is 18.4 Å². The molecule has 1 aromatic rings. The second kappa shape index (κ2) is 19.2. The van der Waals surface area contributed by atoms with Crippen molar-refractivity contribution in [2.75, 3.05) is 35.4 Å². The number of methoxy groups -OCH3 is 3. The summed E-state index contributed by atoms with van der Waals surface area (Å²) < 4.78 is 50.4. The van der Waals surface area contributed by atoms with E-state index < -0.39 is 12.4 Å². The Hall–Kier alpha value is -2.22. The van der Waals surface area contributed by atoms with Crippen LogP contribution in [0, 0.1) is 35.5 Å². The van der Waals surface area contributed by atoms with Gasteiger partial charge in [-0.05, 0) is 126 Å². The Morgan fingerprint density at radius 2 is 1.53 bits per heavy atom. The second-order valence-electron chi connectivity index (χ2n) is 18.5. The average Bonchev–Trinajstić information content (AvgIpc) is 3.79. The molecule has 0 spiro atoms. The fourth-order valence-electron chi connectivity index (χ4n) is 12.1. The van der Waals surface area contributed by atoms with Crippen molar-refractivity contribution in [1.82, 2.24) is 4.90 Å². The fraction of sp³-hybridized carbons (Fsp3) is 0.787. The molecule has 0 aromatic heterocycles. The van der Waals surface area contributed by atoms with Gasteiger partial charge in [0.15, 0.2) is 18.4 Å². The molecule has 11 heteroatoms. The van der Waals surface area contributed by atoms with E-state index in [1.807, 2.05) is 13.8 Å². The number of carbonyl (C=O) groups is 2. The Kier molecular flexibility index (Phi) is 14.5. The number of cyclic esters (lactones) is 1. The summed E-state index contributed by atoms with van der Waals surface area (Å²) in [6.45, 7) is 8.23. The van der Waals surface area contributed by atoms with Crippen LogP contribution >= 0.6 is 0 Å². The first-order valence-electron chi connectivity index (χ1n) is 22.3. The molecule has 0 amide bonds. The van der Waals surface area contributed by atoms with Crippen LogP contribution in [0.5, 0.6) is 0 Å². The minimum absolute atomic E-state index is 0.0270. The Morgan fingerprint density at radius 3 is 2.21 bits per heavy atom. The van der Waals surface area contributed by atoms with Crippen molar-refractivity contribution in [2.24, 2.45) is 35.5 Å². The molecular formula is C47H71NO10. The van der Waals surface area contributed by atoms with Crippen LogP contribution < -0.4 is 0 Å². The lowest BCUT2D eigenvalue weighted by Crippen LogP contribution is -2.59. The van der Waals surface area contributed by atoms with Gasteiger partial charge in [0.25, 0.3) is 0 Å². The van der Waals surface area contributed by atoms with E-state index in [2.05, 4.69) is 69.3 Å². The highest BCUT2D eigenvalue weighted by Gasteiger charge is 2.57. The molecule has 6 aliphatic rings. The van der Waals surface area contributed by atoms with Gasteiger partial charge in [-0.1, -0.05) is 50.3 Å². The summed E-state index contributed by atoms with van der Waals surface area (Å²) >= 11 is 0. The Bertz CT molecular complexity index is 1550. The standard InChI is InChI=1S/C47H71NO10/c1-10-31-17-14-18-39(58-41-20-19-38(48(5)6)27(3)54-41)26(2)43(50)37-24-35-33-23-32(57-47-46(53-9)45(52-8)44(51-7)28(4)55-47)21-30(33)22-34(29-15-12-11-13-16-29)42(35)36(37)25-40(49)56-31/h11-13,15-16,24,26-28,30-36,38-39,41-42,44-47H,10,14,17-23,25H2,1-9H3/t26-,27?,28?,30+,31+,32-,33-,34?,35+,36-,38+,39+,41+,42?,44+,45?,46+,47+/m1/s1. The van der Waals surface area contributed by atoms with Crippen LogP contribution in [0.3, 0.4) is 0 Å². The van der Waals surface area contributed by atoms with E-state index in [4.69, 9.17) is 37.9 Å². The number of ketones is 1. The summed E-state index contributed by atoms with van der Waals surface area (Å²) in [4.78, 5) is 31.3. The molecule has 3 heterocycles. The largest absolute Gasteiger partial charge is 0.462 e. The van der Waals surface area contributed by atoms with Crippen LogP contribution in [-0.4, -0.2) is 120 Å². The number of fused-ring (bicyclic) bond motifs is 5. The van der Waals surface area contributed by atoms with Crippen molar-refractivity contribution in [3.05, 3.63) is 47.5 Å². The molecule has 58 heavy (non-hydrogen) atoms. The predicted molar refractivity (Wildman–Crippen MR) is 219 cm³/mol. The number of allylic oxidation sites excluding steroid dienone is 2. The third kappa shape index (κ3) is 9.03. The third-order valence-corrected chi connectivity index (χ3v) is 15.0. The normalized spacial score (nSPS) is 43.7. The summed E-state index contributed by atoms with van der Waals surface area (Å²) in [6.07, 6.45) is 7.15. The Balaban J connectivity index is 1.19. The summed E-state index contributed by atoms with van der Waals surface area (Å²) in [5, 5.41) is 0. The van der Waals surface area contributed by atoms with E-state index >= 15 is 4.79 Å². The van der Waals surface area contributed by atoms with Crippen LogP contribution in [-0.2, 0) is 47.5 Å². The number of esters is 1. The van der Waals surface area contributed by atoms with Gasteiger partial charge in [0.1, 0.15) is 24.4 Å². The number of carbonyl (C=O) groups excluding carboxylic acids is 2. The molecule has 3 saturated heterocycles. The van der Waals surface area contributed by atoms with Crippen LogP contribution in [0.2, 0.25) is 0 Å². The smallest absolute Gasteiger partial charge is 0.306 e. The number of Topliss-reactive ketones (excluding diaryl/α,β-unsaturated/α-hetero) is 1. The summed E-state index contributed by atoms with van der Waals surface area (Å²) in [6, 6.07) is 11.1. The van der Waals surface area contributed by atoms with Gasteiger partial charge >= 0.3 is 5.97 Å². The maximum absolute atomic E-state index is 15.1. The van der Waals surface area contributed by atoms with Crippen LogP contribution in [0.1, 0.15) is 103 Å². The van der Waals surface area contributed by atoms with Gasteiger partial charge in [0.05, 0.1) is 30.8 Å². The van der Waals surface area contributed by atoms with E-state index in [1.54, 1.807) is 21.3 Å². The molecule has 5 unspecified atom stereocenters. The molecule has 0 radical (unpaired) electrons. The summed E-state index contributed by atoms with van der Waals surface area (Å²) in [5.41, 5.74) is 2.05. The van der Waals surface area contributed by atoms with Crippen molar-refractivity contribution in [3.8, 4) is 0 Å². The van der Waals surface area contributed by atoms with Crippen molar-refractivity contribution >= 4 is 11.8 Å². The van der Waals surface area contributed by atoms with E-state index in [9.17, 15) is 4.79 Å². The highest BCUT2D eigenvalue weighted by Crippen LogP contribution is 2.61. The molecule has 11 nitrogen and oxygen atoms in total. The number of hydrogen-bond acceptors (Lipinski definition) is 11. The maximum Gasteiger partial charge on any atom is 0.306 e. The van der Waals surface area contributed by atoms with Gasteiger partial charge in [-0.2, -0.15) is 0 Å². The van der Waals surface area contributed by atoms with Crippen LogP contribution in [0.15, 0.2) is 42.0 Å². The number of hydrogen-bond donors (Lipinski definition) is 0. The van der Waals surface area contributed by atoms with Gasteiger partial charge in [0, 0.05) is 39.2 Å². The SMILES string of the molecule is CC[C@H]1CCC[C@H](O[C@H]2CC[C@H](N(C)C)C(C)O2)[C@@H](C)C(=O)C2=C[C@@H]3C(C(c4ccccc4)C[C@@H]4C[C@@H](O[C@@H]5OC(C)[C@H](OC)C(OC)[C@@H]5OC)C[C@H]43)[C@@H]2CC(=O)O1. The molecular weight excluding hydrogens is 739 g/mol. The molecule has 324 valence electrons. The minimum atomic E-state index is -0.607. The number of ether oxygens (including phenoxy) is 8. The lowest BCUT2D eigenvalue weighted by atomic mass is 9.59. The van der Waals surface area contributed by atoms with Crippen molar-refractivity contribution in [1.29, 1.82) is 0 Å². The number of likely N-dealkylation sites (N-methyl/N-ethyl adjacent to an activating group) is 1. The van der Waals surface area contributed by atoms with Gasteiger partial charge in [-0.25, -0.2) is 0 Å². The van der Waals surface area contributed by atoms with Crippen LogP contribution in [0.4, 0.5) is 0 Å². The van der Waals surface area contributed by atoms with Gasteiger partial charge < -0.3 is 42.8 Å². The lowest BCUT2D eigenvalue weighted by molar-refractivity contribution is -0.314. The van der Waals surface area contributed by atoms with Gasteiger partial charge in [-0.3, -0.25) is 9.59 Å². The van der Waals surface area contributed by atoms with Gasteiger partial charge in [-0.15, -0.1) is 0 Å². The average molecular weight is 810 g/mol. The molecule has 0 N–H and O–H groups in total. The monoisotopic (exact) mass is 810 g/mol. The van der Waals surface area contributed by atoms with Crippen LogP contribution in [0.25, 0.3) is 0 Å². The third-order valence-electron chi connectivity index (χ3n) is 15.0. The van der Waals surface area contributed by atoms with Crippen molar-refractivity contribution < 1.29 is 47.5 Å². The molecule has 18 atom stereocenters. The topological polar surface area (TPSA) is 111 Å². The highest BCUT2D eigenvalue weighted by molar-refractivity contribution is 5.99. The molecule has 3 aliphatic carbocycles. The first-order valence-corrected chi connectivity index (χ1v) is 22.3. The number of nitrogens with zero attached hydrogens (tertiary/aromatic N) is 1. The quantitative estimate of drug-likeness (QED) is 0.226. The predicted octanol–water partition coefficient (Wildman–Crippen LogP) is 7.11. The highest BCUT2D eigenvalue weighted by atomic mass is 16.7. The zero-order valence-corrected chi connectivity index (χ0v) is 36.5. The molecule has 5 fully saturated rings. The Labute approximate surface area is 347 Å². The second-order valence-corrected chi connectivity index (χ2v) is 18.5. The van der Waals surface area contributed by atoms with E-state index in [0.717, 1.165) is 56.9 Å². The summed E-state index contributed by atoms with van der Waals surface area (Å²) in [7, 11) is 9.20. The zero-order valence-electron chi connectivity index (χ0n) is 36.5. The first-order chi connectivity index (χ1) is 28.0. The van der Waals surface area contributed by atoms with Crippen molar-refractivity contribution in [3.63, 3.8) is 0 Å². The molecule has 7 rings (SSSR count). The Morgan fingerprint density at radius 1 is 0.793 bits per heavy atom. The lowest BCUT2D eigenvalue weighted by Gasteiger charge is -2.44. The molecule has 3 aliphatic heterocycles. The van der Waals surface area contributed by atoms with E-state index in [1.165, 1.54) is 5.56 Å².